The van der Waals surface area contributed by atoms with Gasteiger partial charge in [-0.15, -0.1) is 0 Å². The van der Waals surface area contributed by atoms with Crippen molar-refractivity contribution >= 4 is 46.6 Å². The van der Waals surface area contributed by atoms with Gasteiger partial charge in [-0.25, -0.2) is 0 Å². The molecule has 7 heteroatoms. The highest BCUT2D eigenvalue weighted by molar-refractivity contribution is 6.42. The number of hydrogen-bond donors (Lipinski definition) is 1. The molecule has 0 aromatic heterocycles. The number of benzene rings is 2. The number of nitrogens with one attached hydrogen (secondary N) is 1. The average molecular weight is 442 g/mol. The van der Waals surface area contributed by atoms with Crippen LogP contribution in [0.1, 0.15) is 31.4 Å². The SMILES string of the molecule is CCNC(=O)C(CC)N(Cc1ccc(Cl)c(Cl)c1)C(=O)Cc1ccc(Cl)cc1. The molecule has 0 aliphatic heterocycles. The molecule has 0 spiro atoms. The minimum absolute atomic E-state index is 0.147. The predicted octanol–water partition coefficient (Wildman–Crippen LogP) is 5.13. The lowest BCUT2D eigenvalue weighted by Crippen LogP contribution is -2.49. The Bertz CT molecular complexity index is 825. The van der Waals surface area contributed by atoms with Crippen molar-refractivity contribution in [3.8, 4) is 0 Å². The largest absolute Gasteiger partial charge is 0.355 e. The van der Waals surface area contributed by atoms with Gasteiger partial charge in [0.25, 0.3) is 0 Å². The third-order valence-corrected chi connectivity index (χ3v) is 5.33. The topological polar surface area (TPSA) is 49.4 Å². The maximum absolute atomic E-state index is 13.1. The maximum Gasteiger partial charge on any atom is 0.242 e. The minimum Gasteiger partial charge on any atom is -0.355 e. The highest BCUT2D eigenvalue weighted by atomic mass is 35.5. The van der Waals surface area contributed by atoms with E-state index in [0.717, 1.165) is 11.1 Å². The molecule has 0 aliphatic rings. The van der Waals surface area contributed by atoms with Crippen molar-refractivity contribution in [2.45, 2.75) is 39.3 Å². The van der Waals surface area contributed by atoms with Crippen molar-refractivity contribution in [1.29, 1.82) is 0 Å². The van der Waals surface area contributed by atoms with Gasteiger partial charge in [0.05, 0.1) is 16.5 Å². The van der Waals surface area contributed by atoms with E-state index in [9.17, 15) is 9.59 Å². The number of likely N-dealkylation sites (N-methyl/N-ethyl adjacent to an activating group) is 1. The zero-order chi connectivity index (χ0) is 20.7. The highest BCUT2D eigenvalue weighted by Crippen LogP contribution is 2.24. The van der Waals surface area contributed by atoms with E-state index in [4.69, 9.17) is 34.8 Å². The predicted molar refractivity (Wildman–Crippen MR) is 115 cm³/mol. The van der Waals surface area contributed by atoms with E-state index in [1.54, 1.807) is 35.2 Å². The number of nitrogens with zero attached hydrogens (tertiary/aromatic N) is 1. The zero-order valence-electron chi connectivity index (χ0n) is 15.8. The summed E-state index contributed by atoms with van der Waals surface area (Å²) in [6.07, 6.45) is 0.675. The summed E-state index contributed by atoms with van der Waals surface area (Å²) in [6, 6.07) is 11.7. The van der Waals surface area contributed by atoms with Gasteiger partial charge in [-0.3, -0.25) is 9.59 Å². The lowest BCUT2D eigenvalue weighted by molar-refractivity contribution is -0.140. The number of amides is 2. The Labute approximate surface area is 180 Å². The van der Waals surface area contributed by atoms with E-state index in [-0.39, 0.29) is 24.8 Å². The molecule has 2 aromatic carbocycles. The molecule has 0 bridgehead atoms. The maximum atomic E-state index is 13.1. The van der Waals surface area contributed by atoms with Crippen LogP contribution in [0, 0.1) is 0 Å². The van der Waals surface area contributed by atoms with Crippen LogP contribution in [-0.4, -0.2) is 29.3 Å². The Morgan fingerprint density at radius 3 is 2.18 bits per heavy atom. The van der Waals surface area contributed by atoms with Gasteiger partial charge in [-0.1, -0.05) is 59.9 Å². The molecular formula is C21H23Cl3N2O2. The van der Waals surface area contributed by atoms with Crippen LogP contribution in [0.15, 0.2) is 42.5 Å². The van der Waals surface area contributed by atoms with E-state index in [1.165, 1.54) is 0 Å². The molecule has 0 saturated carbocycles. The van der Waals surface area contributed by atoms with Crippen LogP contribution in [-0.2, 0) is 22.6 Å². The van der Waals surface area contributed by atoms with E-state index in [2.05, 4.69) is 5.32 Å². The van der Waals surface area contributed by atoms with Gasteiger partial charge < -0.3 is 10.2 Å². The van der Waals surface area contributed by atoms with Gasteiger partial charge in [0.2, 0.25) is 11.8 Å². The smallest absolute Gasteiger partial charge is 0.242 e. The van der Waals surface area contributed by atoms with Crippen LogP contribution in [0.4, 0.5) is 0 Å². The first-order valence-electron chi connectivity index (χ1n) is 9.11. The van der Waals surface area contributed by atoms with E-state index in [1.807, 2.05) is 26.0 Å². The Morgan fingerprint density at radius 2 is 1.61 bits per heavy atom. The first-order chi connectivity index (χ1) is 13.3. The first-order valence-corrected chi connectivity index (χ1v) is 10.2. The summed E-state index contributed by atoms with van der Waals surface area (Å²) >= 11 is 18.0. The molecular weight excluding hydrogens is 419 g/mol. The van der Waals surface area contributed by atoms with Gasteiger partial charge in [0.15, 0.2) is 0 Å². The molecule has 0 heterocycles. The summed E-state index contributed by atoms with van der Waals surface area (Å²) < 4.78 is 0. The second kappa shape index (κ2) is 10.7. The Morgan fingerprint density at radius 1 is 0.964 bits per heavy atom. The Balaban J connectivity index is 2.30. The van der Waals surface area contributed by atoms with E-state index >= 15 is 0 Å². The van der Waals surface area contributed by atoms with E-state index < -0.39 is 6.04 Å². The molecule has 0 radical (unpaired) electrons. The van der Waals surface area contributed by atoms with E-state index in [0.29, 0.717) is 28.0 Å². The lowest BCUT2D eigenvalue weighted by atomic mass is 10.1. The molecule has 0 saturated heterocycles. The van der Waals surface area contributed by atoms with Gasteiger partial charge in [0.1, 0.15) is 6.04 Å². The summed E-state index contributed by atoms with van der Waals surface area (Å²) in [6.45, 7) is 4.50. The summed E-state index contributed by atoms with van der Waals surface area (Å²) in [5, 5.41) is 4.28. The van der Waals surface area contributed by atoms with Crippen LogP contribution in [0.3, 0.4) is 0 Å². The summed E-state index contributed by atoms with van der Waals surface area (Å²) in [5.74, 6) is -0.319. The second-order valence-electron chi connectivity index (χ2n) is 6.39. The number of hydrogen-bond acceptors (Lipinski definition) is 2. The molecule has 0 aliphatic carbocycles. The molecule has 2 aromatic rings. The average Bonchev–Trinajstić information content (AvgIpc) is 2.66. The molecule has 28 heavy (non-hydrogen) atoms. The quantitative estimate of drug-likeness (QED) is 0.617. The van der Waals surface area contributed by atoms with Gasteiger partial charge in [-0.05, 0) is 48.7 Å². The third-order valence-electron chi connectivity index (χ3n) is 4.34. The van der Waals surface area contributed by atoms with Crippen molar-refractivity contribution in [2.75, 3.05) is 6.54 Å². The fourth-order valence-corrected chi connectivity index (χ4v) is 3.37. The number of halogens is 3. The molecule has 2 rings (SSSR count). The van der Waals surface area contributed by atoms with Crippen molar-refractivity contribution < 1.29 is 9.59 Å². The molecule has 0 fully saturated rings. The first kappa shape index (κ1) is 22.5. The Kier molecular flexibility index (Phi) is 8.61. The molecule has 4 nitrogen and oxygen atoms in total. The normalized spacial score (nSPS) is 11.8. The van der Waals surface area contributed by atoms with Crippen LogP contribution in [0.25, 0.3) is 0 Å². The number of carbonyl (C=O) groups is 2. The van der Waals surface area contributed by atoms with Crippen LogP contribution >= 0.6 is 34.8 Å². The zero-order valence-corrected chi connectivity index (χ0v) is 18.1. The van der Waals surface area contributed by atoms with Crippen molar-refractivity contribution in [1.82, 2.24) is 10.2 Å². The summed E-state index contributed by atoms with van der Waals surface area (Å²) in [7, 11) is 0. The molecule has 150 valence electrons. The Hall–Kier alpha value is -1.75. The standard InChI is InChI=1S/C21H23Cl3N2O2/c1-3-19(21(28)25-4-2)26(13-15-7-10-17(23)18(24)11-15)20(27)12-14-5-8-16(22)9-6-14/h5-11,19H,3-4,12-13H2,1-2H3,(H,25,28). The van der Waals surface area contributed by atoms with Crippen molar-refractivity contribution in [2.24, 2.45) is 0 Å². The van der Waals surface area contributed by atoms with Gasteiger partial charge in [0, 0.05) is 18.1 Å². The fourth-order valence-electron chi connectivity index (χ4n) is 2.92. The van der Waals surface area contributed by atoms with Gasteiger partial charge >= 0.3 is 0 Å². The minimum atomic E-state index is -0.575. The lowest BCUT2D eigenvalue weighted by Gasteiger charge is -2.30. The molecule has 1 atom stereocenters. The third kappa shape index (κ3) is 6.13. The molecule has 1 N–H and O–H groups in total. The molecule has 2 amide bonds. The van der Waals surface area contributed by atoms with Crippen LogP contribution < -0.4 is 5.32 Å². The monoisotopic (exact) mass is 440 g/mol. The van der Waals surface area contributed by atoms with Crippen molar-refractivity contribution in [3.63, 3.8) is 0 Å². The summed E-state index contributed by atoms with van der Waals surface area (Å²) in [5.41, 5.74) is 1.64. The number of rotatable bonds is 8. The second-order valence-corrected chi connectivity index (χ2v) is 7.64. The highest BCUT2D eigenvalue weighted by Gasteiger charge is 2.28. The fraction of sp³-hybridized carbons (Fsp3) is 0.333. The van der Waals surface area contributed by atoms with Crippen LogP contribution in [0.5, 0.6) is 0 Å². The van der Waals surface area contributed by atoms with Crippen molar-refractivity contribution in [3.05, 3.63) is 68.7 Å². The van der Waals surface area contributed by atoms with Crippen LogP contribution in [0.2, 0.25) is 15.1 Å². The number of carbonyl (C=O) groups excluding carboxylic acids is 2. The summed E-state index contributed by atoms with van der Waals surface area (Å²) in [4.78, 5) is 27.3. The molecule has 1 unspecified atom stereocenters. The van der Waals surface area contributed by atoms with Gasteiger partial charge in [-0.2, -0.15) is 0 Å².